The average Bonchev–Trinajstić information content (AvgIpc) is 2.93. The van der Waals surface area contributed by atoms with E-state index >= 15 is 0 Å². The highest BCUT2D eigenvalue weighted by Gasteiger charge is 2.26. The number of aryl methyl sites for hydroxylation is 2. The molecule has 0 saturated heterocycles. The minimum absolute atomic E-state index is 0.0466. The summed E-state index contributed by atoms with van der Waals surface area (Å²) < 4.78 is 43.0. The SMILES string of the molecule is CCN1CCCn2cc(S(=O)(=O)Nc3cc(C)ccc3F)cc2C1=O. The maximum atomic E-state index is 13.9. The number of hydrogen-bond acceptors (Lipinski definition) is 3. The van der Waals surface area contributed by atoms with Gasteiger partial charge in [0.05, 0.1) is 5.69 Å². The lowest BCUT2D eigenvalue weighted by Gasteiger charge is -2.17. The van der Waals surface area contributed by atoms with Crippen LogP contribution < -0.4 is 4.72 Å². The number of rotatable bonds is 4. The third kappa shape index (κ3) is 3.39. The molecule has 1 N–H and O–H groups in total. The number of carbonyl (C=O) groups is 1. The van der Waals surface area contributed by atoms with Crippen molar-refractivity contribution < 1.29 is 17.6 Å². The van der Waals surface area contributed by atoms with E-state index in [-0.39, 0.29) is 16.5 Å². The van der Waals surface area contributed by atoms with E-state index in [9.17, 15) is 17.6 Å². The summed E-state index contributed by atoms with van der Waals surface area (Å²) in [7, 11) is -3.99. The van der Waals surface area contributed by atoms with Crippen LogP contribution in [-0.4, -0.2) is 36.9 Å². The molecular weight excluding hydrogens is 345 g/mol. The number of fused-ring (bicyclic) bond motifs is 1. The van der Waals surface area contributed by atoms with E-state index in [2.05, 4.69) is 4.72 Å². The molecule has 1 aliphatic heterocycles. The number of amides is 1. The molecule has 2 aromatic rings. The van der Waals surface area contributed by atoms with Crippen LogP contribution in [0, 0.1) is 12.7 Å². The van der Waals surface area contributed by atoms with E-state index in [4.69, 9.17) is 0 Å². The van der Waals surface area contributed by atoms with Gasteiger partial charge < -0.3 is 9.47 Å². The number of nitrogens with zero attached hydrogens (tertiary/aromatic N) is 2. The van der Waals surface area contributed by atoms with Crippen LogP contribution in [0.15, 0.2) is 35.4 Å². The Hall–Kier alpha value is -2.35. The van der Waals surface area contributed by atoms with Gasteiger partial charge in [-0.1, -0.05) is 6.07 Å². The van der Waals surface area contributed by atoms with E-state index in [1.807, 2.05) is 6.92 Å². The molecule has 0 bridgehead atoms. The summed E-state index contributed by atoms with van der Waals surface area (Å²) in [6.45, 7) is 5.41. The first-order chi connectivity index (χ1) is 11.8. The summed E-state index contributed by atoms with van der Waals surface area (Å²) in [5, 5.41) is 0. The van der Waals surface area contributed by atoms with Gasteiger partial charge in [-0.2, -0.15) is 0 Å². The largest absolute Gasteiger partial charge is 0.342 e. The molecule has 1 aromatic heterocycles. The van der Waals surface area contributed by atoms with Crippen molar-refractivity contribution in [3.8, 4) is 0 Å². The summed E-state index contributed by atoms with van der Waals surface area (Å²) in [4.78, 5) is 14.1. The molecule has 3 rings (SSSR count). The lowest BCUT2D eigenvalue weighted by atomic mass is 10.2. The Morgan fingerprint density at radius 1 is 1.24 bits per heavy atom. The topological polar surface area (TPSA) is 71.4 Å². The predicted molar refractivity (Wildman–Crippen MR) is 92.6 cm³/mol. The Morgan fingerprint density at radius 2 is 2.00 bits per heavy atom. The minimum Gasteiger partial charge on any atom is -0.342 e. The quantitative estimate of drug-likeness (QED) is 0.905. The van der Waals surface area contributed by atoms with Crippen LogP contribution in [0.5, 0.6) is 0 Å². The molecule has 0 unspecified atom stereocenters. The second-order valence-electron chi connectivity index (χ2n) is 6.08. The molecule has 1 aliphatic rings. The molecular formula is C17H20FN3O3S. The maximum absolute atomic E-state index is 13.9. The first-order valence-corrected chi connectivity index (χ1v) is 9.58. The van der Waals surface area contributed by atoms with Crippen molar-refractivity contribution >= 4 is 21.6 Å². The van der Waals surface area contributed by atoms with E-state index in [1.165, 1.54) is 24.4 Å². The average molecular weight is 365 g/mol. The van der Waals surface area contributed by atoms with Crippen molar-refractivity contribution in [2.75, 3.05) is 17.8 Å². The standard InChI is InChI=1S/C17H20FN3O3S/c1-3-20-7-4-8-21-11-13(10-16(21)17(20)22)25(23,24)19-15-9-12(2)5-6-14(15)18/h5-6,9-11,19H,3-4,7-8H2,1-2H3. The highest BCUT2D eigenvalue weighted by atomic mass is 32.2. The van der Waals surface area contributed by atoms with Crippen molar-refractivity contribution in [1.82, 2.24) is 9.47 Å². The summed E-state index contributed by atoms with van der Waals surface area (Å²) in [5.41, 5.74) is 0.966. The van der Waals surface area contributed by atoms with Crippen LogP contribution in [0.4, 0.5) is 10.1 Å². The second-order valence-corrected chi connectivity index (χ2v) is 7.76. The fourth-order valence-electron chi connectivity index (χ4n) is 2.91. The molecule has 25 heavy (non-hydrogen) atoms. The Kier molecular flexibility index (Phi) is 4.55. The van der Waals surface area contributed by atoms with Gasteiger partial charge in [-0.3, -0.25) is 9.52 Å². The summed E-state index contributed by atoms with van der Waals surface area (Å²) in [6.07, 6.45) is 2.18. The molecule has 0 radical (unpaired) electrons. The lowest BCUT2D eigenvalue weighted by Crippen LogP contribution is -2.30. The van der Waals surface area contributed by atoms with Crippen molar-refractivity contribution in [2.24, 2.45) is 0 Å². The molecule has 0 aliphatic carbocycles. The van der Waals surface area contributed by atoms with Crippen molar-refractivity contribution in [3.05, 3.63) is 47.5 Å². The smallest absolute Gasteiger partial charge is 0.270 e. The molecule has 1 amide bonds. The Labute approximate surface area is 146 Å². The summed E-state index contributed by atoms with van der Waals surface area (Å²) in [6, 6.07) is 5.56. The molecule has 0 spiro atoms. The van der Waals surface area contributed by atoms with Crippen molar-refractivity contribution in [1.29, 1.82) is 0 Å². The number of benzene rings is 1. The van der Waals surface area contributed by atoms with Crippen LogP contribution in [0.1, 0.15) is 29.4 Å². The molecule has 8 heteroatoms. The first-order valence-electron chi connectivity index (χ1n) is 8.10. The van der Waals surface area contributed by atoms with Crippen LogP contribution in [0.3, 0.4) is 0 Å². The summed E-state index contributed by atoms with van der Waals surface area (Å²) >= 11 is 0. The number of carbonyl (C=O) groups excluding carboxylic acids is 1. The molecule has 0 atom stereocenters. The highest BCUT2D eigenvalue weighted by Crippen LogP contribution is 2.24. The van der Waals surface area contributed by atoms with E-state index in [1.54, 1.807) is 22.5 Å². The van der Waals surface area contributed by atoms with E-state index < -0.39 is 15.8 Å². The van der Waals surface area contributed by atoms with Gasteiger partial charge in [0, 0.05) is 25.8 Å². The lowest BCUT2D eigenvalue weighted by molar-refractivity contribution is 0.0766. The number of sulfonamides is 1. The minimum atomic E-state index is -3.99. The zero-order chi connectivity index (χ0) is 18.2. The Balaban J connectivity index is 1.95. The van der Waals surface area contributed by atoms with Gasteiger partial charge in [-0.15, -0.1) is 0 Å². The normalized spacial score (nSPS) is 15.0. The van der Waals surface area contributed by atoms with Gasteiger partial charge in [-0.25, -0.2) is 12.8 Å². The fourth-order valence-corrected chi connectivity index (χ4v) is 4.01. The molecule has 0 saturated carbocycles. The first kappa shape index (κ1) is 17.5. The van der Waals surface area contributed by atoms with Crippen molar-refractivity contribution in [2.45, 2.75) is 31.7 Å². The van der Waals surface area contributed by atoms with Gasteiger partial charge in [0.25, 0.3) is 15.9 Å². The Morgan fingerprint density at radius 3 is 2.72 bits per heavy atom. The van der Waals surface area contributed by atoms with E-state index in [0.717, 1.165) is 12.0 Å². The van der Waals surface area contributed by atoms with Crippen LogP contribution in [0.25, 0.3) is 0 Å². The predicted octanol–water partition coefficient (Wildman–Crippen LogP) is 2.60. The van der Waals surface area contributed by atoms with Crippen LogP contribution in [0.2, 0.25) is 0 Å². The zero-order valence-corrected chi connectivity index (χ0v) is 14.9. The van der Waals surface area contributed by atoms with Crippen LogP contribution in [-0.2, 0) is 16.6 Å². The van der Waals surface area contributed by atoms with Gasteiger partial charge in [0.1, 0.15) is 16.4 Å². The number of nitrogens with one attached hydrogen (secondary N) is 1. The molecule has 2 heterocycles. The molecule has 1 aromatic carbocycles. The van der Waals surface area contributed by atoms with Gasteiger partial charge in [-0.05, 0) is 44.0 Å². The zero-order valence-electron chi connectivity index (χ0n) is 14.1. The summed E-state index contributed by atoms with van der Waals surface area (Å²) in [5.74, 6) is -0.841. The van der Waals surface area contributed by atoms with Gasteiger partial charge in [0.2, 0.25) is 0 Å². The van der Waals surface area contributed by atoms with Crippen LogP contribution >= 0.6 is 0 Å². The fraction of sp³-hybridized carbons (Fsp3) is 0.353. The Bertz CT molecular complexity index is 921. The number of aromatic nitrogens is 1. The maximum Gasteiger partial charge on any atom is 0.270 e. The van der Waals surface area contributed by atoms with E-state index in [0.29, 0.717) is 25.3 Å². The third-order valence-electron chi connectivity index (χ3n) is 4.26. The van der Waals surface area contributed by atoms with Gasteiger partial charge >= 0.3 is 0 Å². The monoisotopic (exact) mass is 365 g/mol. The van der Waals surface area contributed by atoms with Crippen molar-refractivity contribution in [3.63, 3.8) is 0 Å². The highest BCUT2D eigenvalue weighted by molar-refractivity contribution is 7.92. The number of hydrogen-bond donors (Lipinski definition) is 1. The molecule has 0 fully saturated rings. The van der Waals surface area contributed by atoms with Gasteiger partial charge in [0.15, 0.2) is 0 Å². The third-order valence-corrected chi connectivity index (χ3v) is 5.60. The molecule has 6 nitrogen and oxygen atoms in total. The second kappa shape index (κ2) is 6.51. The number of halogens is 1. The number of anilines is 1. The molecule has 134 valence electrons.